The van der Waals surface area contributed by atoms with E-state index in [0.717, 1.165) is 12.1 Å². The Morgan fingerprint density at radius 1 is 1.38 bits per heavy atom. The van der Waals surface area contributed by atoms with E-state index in [-0.39, 0.29) is 15.1 Å². The van der Waals surface area contributed by atoms with Crippen molar-refractivity contribution >= 4 is 44.9 Å². The first kappa shape index (κ1) is 13.8. The van der Waals surface area contributed by atoms with Crippen LogP contribution in [0.4, 0.5) is 13.2 Å². The number of hydrogen-bond donors (Lipinski definition) is 0. The van der Waals surface area contributed by atoms with Gasteiger partial charge in [-0.25, -0.2) is 0 Å². The molecule has 1 rings (SSSR count). The van der Waals surface area contributed by atoms with Crippen molar-refractivity contribution in [3.63, 3.8) is 0 Å². The normalized spacial score (nSPS) is 11.6. The van der Waals surface area contributed by atoms with Crippen LogP contribution in [0.2, 0.25) is 5.02 Å². The zero-order valence-corrected chi connectivity index (χ0v) is 10.6. The smallest absolute Gasteiger partial charge is 0.293 e. The number of Topliss-reactive ketones (excluding diaryl/α,β-unsaturated/α-hetero) is 1. The summed E-state index contributed by atoms with van der Waals surface area (Å²) >= 11 is 13.5. The number of benzene rings is 1. The molecular formula is C9H4BrCl2F3O. The minimum absolute atomic E-state index is 0.163. The lowest BCUT2D eigenvalue weighted by atomic mass is 10.1. The summed E-state index contributed by atoms with van der Waals surface area (Å²) in [4.78, 5) is 11.3. The van der Waals surface area contributed by atoms with Crippen molar-refractivity contribution in [1.29, 1.82) is 0 Å². The summed E-state index contributed by atoms with van der Waals surface area (Å²) in [6.45, 7) is 0. The van der Waals surface area contributed by atoms with Crippen molar-refractivity contribution in [2.75, 3.05) is 5.88 Å². The predicted molar refractivity (Wildman–Crippen MR) is 59.2 cm³/mol. The van der Waals surface area contributed by atoms with Gasteiger partial charge in [0.1, 0.15) is 0 Å². The molecule has 1 nitrogen and oxygen atoms in total. The van der Waals surface area contributed by atoms with Gasteiger partial charge in [0.15, 0.2) is 5.78 Å². The Kier molecular flexibility index (Phi) is 4.26. The third kappa shape index (κ3) is 2.90. The number of hydrogen-bond acceptors (Lipinski definition) is 1. The first-order valence-electron chi connectivity index (χ1n) is 3.92. The summed E-state index contributed by atoms with van der Waals surface area (Å²) in [6, 6.07) is 1.89. The number of carbonyl (C=O) groups is 1. The zero-order valence-electron chi connectivity index (χ0n) is 7.54. The third-order valence-corrected chi connectivity index (χ3v) is 3.08. The molecule has 0 atom stereocenters. The van der Waals surface area contributed by atoms with E-state index < -0.39 is 23.4 Å². The van der Waals surface area contributed by atoms with Gasteiger partial charge in [0, 0.05) is 15.1 Å². The van der Waals surface area contributed by atoms with Crippen LogP contribution in [0.3, 0.4) is 0 Å². The molecule has 7 heteroatoms. The second-order valence-electron chi connectivity index (χ2n) is 2.87. The van der Waals surface area contributed by atoms with Gasteiger partial charge >= 0.3 is 6.18 Å². The highest BCUT2D eigenvalue weighted by molar-refractivity contribution is 9.10. The number of alkyl halides is 4. The second-order valence-corrected chi connectivity index (χ2v) is 4.37. The number of ketones is 1. The van der Waals surface area contributed by atoms with Crippen LogP contribution in [-0.4, -0.2) is 11.7 Å². The van der Waals surface area contributed by atoms with Crippen LogP contribution in [0.15, 0.2) is 16.6 Å². The molecule has 0 bridgehead atoms. The molecule has 0 unspecified atom stereocenters. The van der Waals surface area contributed by atoms with Crippen molar-refractivity contribution in [3.05, 3.63) is 32.8 Å². The van der Waals surface area contributed by atoms with Crippen molar-refractivity contribution in [2.24, 2.45) is 0 Å². The quantitative estimate of drug-likeness (QED) is 0.572. The third-order valence-electron chi connectivity index (χ3n) is 1.76. The summed E-state index contributed by atoms with van der Waals surface area (Å²) < 4.78 is 37.3. The van der Waals surface area contributed by atoms with Gasteiger partial charge in [0.05, 0.1) is 11.4 Å². The van der Waals surface area contributed by atoms with E-state index in [1.807, 2.05) is 0 Å². The topological polar surface area (TPSA) is 17.1 Å². The number of halogens is 6. The minimum Gasteiger partial charge on any atom is -0.293 e. The van der Waals surface area contributed by atoms with Gasteiger partial charge in [-0.15, -0.1) is 11.6 Å². The Bertz CT molecular complexity index is 431. The summed E-state index contributed by atoms with van der Waals surface area (Å²) in [5, 5.41) is -0.163. The highest BCUT2D eigenvalue weighted by Crippen LogP contribution is 2.38. The van der Waals surface area contributed by atoms with Gasteiger partial charge in [-0.2, -0.15) is 13.2 Å². The summed E-state index contributed by atoms with van der Waals surface area (Å²) in [6.07, 6.45) is -4.58. The lowest BCUT2D eigenvalue weighted by Gasteiger charge is -2.12. The van der Waals surface area contributed by atoms with Gasteiger partial charge in [-0.05, 0) is 28.1 Å². The molecular weight excluding hydrogens is 332 g/mol. The second kappa shape index (κ2) is 4.94. The largest absolute Gasteiger partial charge is 0.417 e. The summed E-state index contributed by atoms with van der Waals surface area (Å²) in [5.74, 6) is -1.03. The van der Waals surface area contributed by atoms with E-state index in [4.69, 9.17) is 23.2 Å². The molecule has 0 fully saturated rings. The predicted octanol–water partition coefficient (Wildman–Crippen LogP) is 4.54. The standard InChI is InChI=1S/C9H4BrCl2F3O/c10-8-5(7(16)3-11)1-4(12)2-6(8)9(13,14)15/h1-2H,3H2. The van der Waals surface area contributed by atoms with E-state index >= 15 is 0 Å². The maximum atomic E-state index is 12.5. The van der Waals surface area contributed by atoms with E-state index in [9.17, 15) is 18.0 Å². The molecule has 0 aliphatic carbocycles. The number of carbonyl (C=O) groups excluding carboxylic acids is 1. The summed E-state index contributed by atoms with van der Waals surface area (Å²) in [7, 11) is 0. The zero-order chi connectivity index (χ0) is 12.5. The molecule has 1 aromatic carbocycles. The fraction of sp³-hybridized carbons (Fsp3) is 0.222. The van der Waals surface area contributed by atoms with Crippen molar-refractivity contribution in [2.45, 2.75) is 6.18 Å². The SMILES string of the molecule is O=C(CCl)c1cc(Cl)cc(C(F)(F)F)c1Br. The fourth-order valence-corrected chi connectivity index (χ4v) is 2.11. The maximum absolute atomic E-state index is 12.5. The first-order chi connectivity index (χ1) is 7.27. The van der Waals surface area contributed by atoms with Crippen LogP contribution in [0, 0.1) is 0 Å². The Morgan fingerprint density at radius 2 is 1.94 bits per heavy atom. The monoisotopic (exact) mass is 334 g/mol. The van der Waals surface area contributed by atoms with Crippen LogP contribution in [0.1, 0.15) is 15.9 Å². The molecule has 0 aliphatic heterocycles. The maximum Gasteiger partial charge on any atom is 0.417 e. The van der Waals surface area contributed by atoms with Crippen LogP contribution in [0.5, 0.6) is 0 Å². The van der Waals surface area contributed by atoms with Crippen LogP contribution in [-0.2, 0) is 6.18 Å². The highest BCUT2D eigenvalue weighted by Gasteiger charge is 2.35. The Morgan fingerprint density at radius 3 is 2.38 bits per heavy atom. The molecule has 0 aromatic heterocycles. The lowest BCUT2D eigenvalue weighted by Crippen LogP contribution is -2.10. The van der Waals surface area contributed by atoms with Crippen molar-refractivity contribution < 1.29 is 18.0 Å². The van der Waals surface area contributed by atoms with E-state index in [1.165, 1.54) is 0 Å². The van der Waals surface area contributed by atoms with Gasteiger partial charge in [0.25, 0.3) is 0 Å². The van der Waals surface area contributed by atoms with Crippen molar-refractivity contribution in [3.8, 4) is 0 Å². The Balaban J connectivity index is 3.44. The van der Waals surface area contributed by atoms with Crippen LogP contribution in [0.25, 0.3) is 0 Å². The summed E-state index contributed by atoms with van der Waals surface area (Å²) in [5.41, 5.74) is -1.16. The average molecular weight is 336 g/mol. The van der Waals surface area contributed by atoms with Crippen LogP contribution >= 0.6 is 39.1 Å². The lowest BCUT2D eigenvalue weighted by molar-refractivity contribution is -0.138. The number of rotatable bonds is 2. The van der Waals surface area contributed by atoms with Crippen molar-refractivity contribution in [1.82, 2.24) is 0 Å². The van der Waals surface area contributed by atoms with Gasteiger partial charge < -0.3 is 0 Å². The van der Waals surface area contributed by atoms with E-state index in [1.54, 1.807) is 0 Å². The molecule has 0 aliphatic rings. The molecule has 0 saturated heterocycles. The molecule has 88 valence electrons. The molecule has 0 N–H and O–H groups in total. The van der Waals surface area contributed by atoms with Crippen LogP contribution < -0.4 is 0 Å². The van der Waals surface area contributed by atoms with E-state index in [0.29, 0.717) is 0 Å². The van der Waals surface area contributed by atoms with E-state index in [2.05, 4.69) is 15.9 Å². The first-order valence-corrected chi connectivity index (χ1v) is 5.63. The molecule has 16 heavy (non-hydrogen) atoms. The molecule has 0 spiro atoms. The van der Waals surface area contributed by atoms with Gasteiger partial charge in [-0.1, -0.05) is 11.6 Å². The Hall–Kier alpha value is -0.260. The minimum atomic E-state index is -4.58. The molecule has 0 heterocycles. The van der Waals surface area contributed by atoms with Gasteiger partial charge in [-0.3, -0.25) is 4.79 Å². The van der Waals surface area contributed by atoms with Gasteiger partial charge in [0.2, 0.25) is 0 Å². The fourth-order valence-electron chi connectivity index (χ4n) is 1.07. The Labute approximate surface area is 108 Å². The molecule has 0 amide bonds. The molecule has 0 saturated carbocycles. The highest BCUT2D eigenvalue weighted by atomic mass is 79.9. The average Bonchev–Trinajstić information content (AvgIpc) is 2.18. The molecule has 0 radical (unpaired) electrons. The molecule has 1 aromatic rings.